The van der Waals surface area contributed by atoms with Crippen LogP contribution in [0.25, 0.3) is 11.1 Å². The fraction of sp³-hybridized carbons (Fsp3) is 0.435. The molecule has 5 aromatic carbocycles. The predicted octanol–water partition coefficient (Wildman–Crippen LogP) is 14.7. The van der Waals surface area contributed by atoms with Crippen molar-refractivity contribution in [1.29, 1.82) is 0 Å². The highest BCUT2D eigenvalue weighted by atomic mass is 28.4. The van der Waals surface area contributed by atoms with Gasteiger partial charge in [0.2, 0.25) is 0 Å². The molecule has 0 bridgehead atoms. The van der Waals surface area contributed by atoms with Gasteiger partial charge in [0, 0.05) is 12.3 Å². The molecule has 14 nitrogen and oxygen atoms in total. The number of halogens is 17. The van der Waals surface area contributed by atoms with Crippen molar-refractivity contribution in [2.45, 2.75) is 142 Å². The van der Waals surface area contributed by atoms with Crippen LogP contribution in [-0.4, -0.2) is 150 Å². The number of nitrogens with one attached hydrogen (secondary N) is 1. The minimum Gasteiger partial charge on any atom is -0.467 e. The zero-order valence-corrected chi connectivity index (χ0v) is 50.7. The second-order valence-electron chi connectivity index (χ2n) is 22.4. The van der Waals surface area contributed by atoms with E-state index in [1.54, 1.807) is 24.3 Å². The van der Waals surface area contributed by atoms with Crippen LogP contribution in [0, 0.1) is 0 Å². The van der Waals surface area contributed by atoms with Gasteiger partial charge in [0.25, 0.3) is 0 Å². The smallest absolute Gasteiger partial charge is 0.460 e. The summed E-state index contributed by atoms with van der Waals surface area (Å²) < 4.78 is 293. The maximum absolute atomic E-state index is 15.9. The molecule has 1 heterocycles. The highest BCUT2D eigenvalue weighted by Crippen LogP contribution is 2.65. The molecule has 6 atom stereocenters. The summed E-state index contributed by atoms with van der Waals surface area (Å²) in [5.74, 6) is -63.7. The summed E-state index contributed by atoms with van der Waals surface area (Å²) in [6.07, 6.45) is -23.1. The van der Waals surface area contributed by atoms with Crippen molar-refractivity contribution >= 4 is 38.3 Å². The minimum absolute atomic E-state index is 0.204. The number of alkyl carbamates (subject to hydrolysis) is 1. The monoisotopic (exact) mass is 1380 g/mol. The van der Waals surface area contributed by atoms with Gasteiger partial charge in [-0.25, -0.2) is 24.0 Å². The van der Waals surface area contributed by atoms with Crippen molar-refractivity contribution in [3.63, 3.8) is 0 Å². The summed E-state index contributed by atoms with van der Waals surface area (Å²) in [5, 5.41) is 2.30. The number of hydrogen-bond acceptors (Lipinski definition) is 13. The molecule has 5 aromatic rings. The standard InChI is InChI=1S/C62H58F17NO13Si/c1-34(2)94(35(3)4,30-29-55(63,64)56(65,66)57(67,68)58(69,70)59(71,72)60(73,74)61(75,76)62(77,78)79)89-33-45-46(91-49(81)36-19-9-6-10-20-36)47(92-50(82)37-21-11-7-12-22-37)48(93-51(83)38-23-13-8-14-24-38)53(90-45)87-32-44(52(84)86-5)80-54(85)88-31-43-41-27-17-15-25-39(41)40-26-16-18-28-42(40)43/h6-28,34-35,43-48,53H,29-33H2,1-5H3,(H,80,85)/t44-,45+,46+,47-,48+,53+/m0/s1. The Labute approximate surface area is 525 Å². The lowest BCUT2D eigenvalue weighted by molar-refractivity contribution is -0.461. The number of carbonyl (C=O) groups excluding carboxylic acids is 5. The lowest BCUT2D eigenvalue weighted by atomic mass is 9.88. The van der Waals surface area contributed by atoms with Gasteiger partial charge >= 0.3 is 77.6 Å². The van der Waals surface area contributed by atoms with E-state index >= 15 is 26.3 Å². The molecule has 0 spiro atoms. The van der Waals surface area contributed by atoms with Crippen LogP contribution in [0.15, 0.2) is 140 Å². The van der Waals surface area contributed by atoms with Crippen LogP contribution in [-0.2, 0) is 42.4 Å². The molecular formula is C62H58F17NO13Si. The second kappa shape index (κ2) is 28.2. The van der Waals surface area contributed by atoms with Gasteiger partial charge in [-0.1, -0.05) is 131 Å². The second-order valence-corrected chi connectivity index (χ2v) is 27.4. The highest BCUT2D eigenvalue weighted by Gasteiger charge is 2.95. The molecule has 2 aliphatic rings. The molecule has 0 aromatic heterocycles. The number of fused-ring (bicyclic) bond motifs is 3. The quantitative estimate of drug-likeness (QED) is 0.0228. The number of benzene rings is 5. The van der Waals surface area contributed by atoms with Crippen molar-refractivity contribution in [3.05, 3.63) is 167 Å². The largest absolute Gasteiger partial charge is 0.467 e. The summed E-state index contributed by atoms with van der Waals surface area (Å²) in [6.45, 7) is 2.04. The number of carbonyl (C=O) groups is 5. The number of rotatable bonds is 27. The molecule has 94 heavy (non-hydrogen) atoms. The first-order valence-electron chi connectivity index (χ1n) is 28.3. The van der Waals surface area contributed by atoms with Crippen molar-refractivity contribution in [2.75, 3.05) is 26.9 Å². The topological polar surface area (TPSA) is 171 Å². The van der Waals surface area contributed by atoms with E-state index in [-0.39, 0.29) is 23.3 Å². The number of methoxy groups -OCH3 is 1. The highest BCUT2D eigenvalue weighted by molar-refractivity contribution is 6.76. The van der Waals surface area contributed by atoms with E-state index in [1.165, 1.54) is 91.0 Å². The molecule has 0 saturated carbocycles. The Morgan fingerprint density at radius 3 is 1.32 bits per heavy atom. The van der Waals surface area contributed by atoms with Gasteiger partial charge in [0.15, 0.2) is 39.0 Å². The Morgan fingerprint density at radius 2 is 0.894 bits per heavy atom. The third-order valence-electron chi connectivity index (χ3n) is 16.0. The Hall–Kier alpha value is -7.84. The predicted molar refractivity (Wildman–Crippen MR) is 298 cm³/mol. The molecular weight excluding hydrogens is 1320 g/mol. The van der Waals surface area contributed by atoms with E-state index in [1.807, 2.05) is 24.3 Å². The van der Waals surface area contributed by atoms with Crippen molar-refractivity contribution in [3.8, 4) is 11.1 Å². The zero-order valence-electron chi connectivity index (χ0n) is 49.7. The van der Waals surface area contributed by atoms with E-state index in [0.717, 1.165) is 57.1 Å². The van der Waals surface area contributed by atoms with Gasteiger partial charge < -0.3 is 42.9 Å². The summed E-state index contributed by atoms with van der Waals surface area (Å²) in [5.41, 5.74) is 0.0593. The number of hydrogen-bond donors (Lipinski definition) is 1. The van der Waals surface area contributed by atoms with Crippen LogP contribution < -0.4 is 5.32 Å². The fourth-order valence-electron chi connectivity index (χ4n) is 10.7. The molecule has 1 aliphatic carbocycles. The first kappa shape index (κ1) is 73.6. The normalized spacial score (nSPS) is 18.8. The molecule has 1 aliphatic heterocycles. The maximum atomic E-state index is 15.9. The lowest BCUT2D eigenvalue weighted by Crippen LogP contribution is -2.74. The molecule has 1 amide bonds. The molecule has 1 fully saturated rings. The molecule has 0 unspecified atom stereocenters. The molecule has 7 rings (SSSR count). The van der Waals surface area contributed by atoms with Crippen molar-refractivity contribution < 1.29 is 136 Å². The van der Waals surface area contributed by atoms with E-state index in [2.05, 4.69) is 5.32 Å². The van der Waals surface area contributed by atoms with Crippen LogP contribution in [0.2, 0.25) is 17.1 Å². The number of amides is 1. The van der Waals surface area contributed by atoms with Gasteiger partial charge in [0.05, 0.1) is 37.0 Å². The van der Waals surface area contributed by atoms with E-state index in [9.17, 15) is 72.3 Å². The van der Waals surface area contributed by atoms with Crippen LogP contribution in [0.3, 0.4) is 0 Å². The molecule has 512 valence electrons. The van der Waals surface area contributed by atoms with Crippen LogP contribution in [0.5, 0.6) is 0 Å². The van der Waals surface area contributed by atoms with E-state index < -0.39 is 165 Å². The van der Waals surface area contributed by atoms with Crippen molar-refractivity contribution in [2.24, 2.45) is 0 Å². The first-order valence-corrected chi connectivity index (χ1v) is 30.6. The molecule has 1 N–H and O–H groups in total. The average Bonchev–Trinajstić information content (AvgIpc) is 0.872. The van der Waals surface area contributed by atoms with Gasteiger partial charge in [-0.15, -0.1) is 0 Å². The Morgan fingerprint density at radius 1 is 0.500 bits per heavy atom. The van der Waals surface area contributed by atoms with E-state index in [0.29, 0.717) is 0 Å². The Kier molecular flexibility index (Phi) is 22.1. The SMILES string of the molecule is COC(=O)[C@H](CO[C@@H]1O[C@H](CO[Si](CCC(F)(F)C(F)(F)C(F)(F)C(F)(F)C(F)(F)C(F)(F)C(F)(F)C(F)(F)F)(C(C)C)C(C)C)[C@@H](OC(=O)c2ccccc2)[C@H](OC(=O)c2ccccc2)[C@H]1OC(=O)c1ccccc1)NC(=O)OCC1c2ccccc2-c2ccccc21. The van der Waals surface area contributed by atoms with E-state index in [4.69, 9.17) is 37.6 Å². The average molecular weight is 1380 g/mol. The lowest BCUT2D eigenvalue weighted by Gasteiger charge is -2.47. The van der Waals surface area contributed by atoms with Crippen LogP contribution in [0.1, 0.15) is 82.2 Å². The van der Waals surface area contributed by atoms with Gasteiger partial charge in [-0.2, -0.15) is 74.6 Å². The first-order chi connectivity index (χ1) is 43.7. The summed E-state index contributed by atoms with van der Waals surface area (Å²) >= 11 is 0. The summed E-state index contributed by atoms with van der Waals surface area (Å²) in [4.78, 5) is 69.9. The third kappa shape index (κ3) is 14.2. The third-order valence-corrected chi connectivity index (χ3v) is 21.6. The molecule has 1 saturated heterocycles. The van der Waals surface area contributed by atoms with Crippen molar-refractivity contribution in [1.82, 2.24) is 5.32 Å². The fourth-order valence-corrected chi connectivity index (χ4v) is 15.2. The Bertz CT molecular complexity index is 3410. The van der Waals surface area contributed by atoms with Crippen LogP contribution in [0.4, 0.5) is 79.4 Å². The Balaban J connectivity index is 1.27. The zero-order chi connectivity index (χ0) is 69.8. The summed E-state index contributed by atoms with van der Waals surface area (Å²) in [6, 6.07) is 31.0. The van der Waals surface area contributed by atoms with Crippen LogP contribution >= 0.6 is 0 Å². The minimum atomic E-state index is -8.85. The van der Waals surface area contributed by atoms with Gasteiger partial charge in [0.1, 0.15) is 12.7 Å². The summed E-state index contributed by atoms with van der Waals surface area (Å²) in [7, 11) is -3.84. The maximum Gasteiger partial charge on any atom is 0.460 e. The number of esters is 4. The number of ether oxygens (including phenoxy) is 7. The molecule has 32 heteroatoms. The number of alkyl halides is 17. The van der Waals surface area contributed by atoms with Gasteiger partial charge in [-0.3, -0.25) is 0 Å². The van der Waals surface area contributed by atoms with Gasteiger partial charge in [-0.05, 0) is 75.8 Å². The molecule has 0 radical (unpaired) electrons.